The smallest absolute Gasteiger partial charge is 0.136 e. The van der Waals surface area contributed by atoms with Crippen molar-refractivity contribution in [1.82, 2.24) is 0 Å². The zero-order valence-corrected chi connectivity index (χ0v) is 13.0. The van der Waals surface area contributed by atoms with Gasteiger partial charge in [-0.05, 0) is 24.3 Å². The molecule has 0 saturated heterocycles. The van der Waals surface area contributed by atoms with Crippen molar-refractivity contribution in [2.24, 2.45) is 5.10 Å². The van der Waals surface area contributed by atoms with Crippen LogP contribution in [0, 0.1) is 0 Å². The number of nitrogens with zero attached hydrogens (tertiary/aromatic N) is 1. The topological polar surface area (TPSA) is 37.5 Å². The first-order chi connectivity index (χ1) is 11.9. The quantitative estimate of drug-likeness (QED) is 0.539. The summed E-state index contributed by atoms with van der Waals surface area (Å²) >= 11 is 0. The van der Waals surface area contributed by atoms with Gasteiger partial charge in [0.1, 0.15) is 11.3 Å². The molecule has 0 spiro atoms. The summed E-state index contributed by atoms with van der Waals surface area (Å²) in [5.74, 6) is 0.794. The van der Waals surface area contributed by atoms with Gasteiger partial charge in [-0.1, -0.05) is 60.7 Å². The van der Waals surface area contributed by atoms with Crippen LogP contribution in [0.3, 0.4) is 0 Å². The molecule has 0 aliphatic heterocycles. The Morgan fingerprint density at radius 1 is 0.708 bits per heavy atom. The van der Waals surface area contributed by atoms with Crippen LogP contribution in [-0.4, -0.2) is 0 Å². The van der Waals surface area contributed by atoms with Gasteiger partial charge in [0, 0.05) is 17.0 Å². The van der Waals surface area contributed by atoms with E-state index in [4.69, 9.17) is 4.42 Å². The molecule has 116 valence electrons. The number of para-hydroxylation sites is 2. The maximum atomic E-state index is 6.05. The van der Waals surface area contributed by atoms with Gasteiger partial charge >= 0.3 is 0 Å². The van der Waals surface area contributed by atoms with Crippen LogP contribution in [-0.2, 0) is 0 Å². The third-order valence-electron chi connectivity index (χ3n) is 3.79. The molecule has 0 unspecified atom stereocenters. The molecule has 0 aliphatic carbocycles. The Morgan fingerprint density at radius 3 is 2.17 bits per heavy atom. The van der Waals surface area contributed by atoms with E-state index in [-0.39, 0.29) is 0 Å². The van der Waals surface area contributed by atoms with Crippen LogP contribution in [0.5, 0.6) is 0 Å². The Hall–Kier alpha value is -3.33. The summed E-state index contributed by atoms with van der Waals surface area (Å²) in [6.45, 7) is 0. The first-order valence-electron chi connectivity index (χ1n) is 7.83. The van der Waals surface area contributed by atoms with Crippen molar-refractivity contribution in [3.05, 3.63) is 96.4 Å². The molecule has 0 bridgehead atoms. The van der Waals surface area contributed by atoms with E-state index < -0.39 is 0 Å². The Labute approximate surface area is 139 Å². The molecule has 1 N–H and O–H groups in total. The van der Waals surface area contributed by atoms with Crippen molar-refractivity contribution >= 4 is 16.7 Å². The highest BCUT2D eigenvalue weighted by Gasteiger charge is 2.05. The van der Waals surface area contributed by atoms with Crippen molar-refractivity contribution in [3.8, 4) is 11.3 Å². The number of benzene rings is 3. The van der Waals surface area contributed by atoms with Gasteiger partial charge < -0.3 is 4.42 Å². The van der Waals surface area contributed by atoms with Crippen molar-refractivity contribution in [2.45, 2.75) is 0 Å². The van der Waals surface area contributed by atoms with E-state index in [0.29, 0.717) is 0 Å². The molecule has 24 heavy (non-hydrogen) atoms. The van der Waals surface area contributed by atoms with E-state index in [1.54, 1.807) is 0 Å². The lowest BCUT2D eigenvalue weighted by Crippen LogP contribution is -2.07. The van der Waals surface area contributed by atoms with E-state index in [9.17, 15) is 0 Å². The summed E-state index contributed by atoms with van der Waals surface area (Å²) in [6.07, 6.45) is 0. The normalized spacial score (nSPS) is 11.6. The Balaban J connectivity index is 1.87. The van der Waals surface area contributed by atoms with Crippen molar-refractivity contribution in [2.75, 3.05) is 5.43 Å². The van der Waals surface area contributed by atoms with E-state index in [1.807, 2.05) is 91.0 Å². The fraction of sp³-hybridized carbons (Fsp3) is 0. The summed E-state index contributed by atoms with van der Waals surface area (Å²) in [6, 6.07) is 29.8. The molecule has 3 heteroatoms. The average Bonchev–Trinajstić information content (AvgIpc) is 2.67. The molecule has 0 fully saturated rings. The molecular formula is C21H16N2O. The highest BCUT2D eigenvalue weighted by Crippen LogP contribution is 2.21. The maximum absolute atomic E-state index is 6.05. The molecule has 1 aromatic heterocycles. The van der Waals surface area contributed by atoms with Crippen molar-refractivity contribution < 1.29 is 4.42 Å². The standard InChI is InChI=1S/C21H16N2O/c1-3-9-16(10-4-1)21-15-19(18-13-7-8-14-20(18)24-21)23-22-17-11-5-2-6-12-17/h1-15,22H/b23-19-. The summed E-state index contributed by atoms with van der Waals surface area (Å²) in [4.78, 5) is 0. The minimum Gasteiger partial charge on any atom is -0.456 e. The molecule has 0 aliphatic rings. The fourth-order valence-corrected chi connectivity index (χ4v) is 2.59. The van der Waals surface area contributed by atoms with E-state index in [0.717, 1.165) is 33.3 Å². The van der Waals surface area contributed by atoms with Crippen molar-refractivity contribution in [3.63, 3.8) is 0 Å². The van der Waals surface area contributed by atoms with Gasteiger partial charge in [0.15, 0.2) is 0 Å². The van der Waals surface area contributed by atoms with Crippen LogP contribution >= 0.6 is 0 Å². The van der Waals surface area contributed by atoms with E-state index in [2.05, 4.69) is 10.5 Å². The molecule has 0 saturated carbocycles. The minimum atomic E-state index is 0.794. The first-order valence-corrected chi connectivity index (χ1v) is 7.83. The van der Waals surface area contributed by atoms with E-state index >= 15 is 0 Å². The second-order valence-electron chi connectivity index (χ2n) is 5.45. The Morgan fingerprint density at radius 2 is 1.38 bits per heavy atom. The average molecular weight is 312 g/mol. The highest BCUT2D eigenvalue weighted by molar-refractivity contribution is 5.78. The van der Waals surface area contributed by atoms with Crippen LogP contribution in [0.1, 0.15) is 0 Å². The zero-order valence-electron chi connectivity index (χ0n) is 13.0. The van der Waals surface area contributed by atoms with Gasteiger partial charge in [0.2, 0.25) is 0 Å². The fourth-order valence-electron chi connectivity index (χ4n) is 2.59. The SMILES string of the molecule is c1ccc(N/N=c2/cc(-c3ccccc3)oc3ccccc23)cc1. The number of anilines is 1. The number of nitrogens with one attached hydrogen (secondary N) is 1. The van der Waals surface area contributed by atoms with Crippen LogP contribution in [0.25, 0.3) is 22.3 Å². The molecule has 3 nitrogen and oxygen atoms in total. The molecule has 0 radical (unpaired) electrons. The summed E-state index contributed by atoms with van der Waals surface area (Å²) in [5, 5.41) is 6.40. The number of hydrogen-bond acceptors (Lipinski definition) is 3. The van der Waals surface area contributed by atoms with Gasteiger partial charge in [0.25, 0.3) is 0 Å². The summed E-state index contributed by atoms with van der Waals surface area (Å²) < 4.78 is 6.05. The molecule has 0 atom stereocenters. The Bertz CT molecular complexity index is 1020. The predicted octanol–water partition coefficient (Wildman–Crippen LogP) is 5.03. The lowest BCUT2D eigenvalue weighted by Gasteiger charge is -2.05. The minimum absolute atomic E-state index is 0.794. The first kappa shape index (κ1) is 14.3. The molecule has 3 aromatic carbocycles. The van der Waals surface area contributed by atoms with Gasteiger partial charge in [0.05, 0.1) is 11.0 Å². The molecule has 0 amide bonds. The summed E-state index contributed by atoms with van der Waals surface area (Å²) in [7, 11) is 0. The maximum Gasteiger partial charge on any atom is 0.136 e. The van der Waals surface area contributed by atoms with Crippen LogP contribution in [0.15, 0.2) is 101 Å². The van der Waals surface area contributed by atoms with Crippen LogP contribution < -0.4 is 10.8 Å². The van der Waals surface area contributed by atoms with Crippen molar-refractivity contribution in [1.29, 1.82) is 0 Å². The zero-order chi connectivity index (χ0) is 16.2. The third-order valence-corrected chi connectivity index (χ3v) is 3.79. The number of fused-ring (bicyclic) bond motifs is 1. The summed E-state index contributed by atoms with van der Waals surface area (Å²) in [5.41, 5.74) is 5.90. The van der Waals surface area contributed by atoms with Gasteiger partial charge in [-0.3, -0.25) is 5.43 Å². The van der Waals surface area contributed by atoms with Crippen LogP contribution in [0.2, 0.25) is 0 Å². The van der Waals surface area contributed by atoms with Gasteiger partial charge in [-0.25, -0.2) is 0 Å². The predicted molar refractivity (Wildman–Crippen MR) is 97.3 cm³/mol. The second-order valence-corrected chi connectivity index (χ2v) is 5.45. The number of rotatable bonds is 3. The lowest BCUT2D eigenvalue weighted by atomic mass is 10.1. The lowest BCUT2D eigenvalue weighted by molar-refractivity contribution is 0.618. The molecule has 4 rings (SSSR count). The monoisotopic (exact) mass is 312 g/mol. The van der Waals surface area contributed by atoms with Gasteiger partial charge in [-0.2, -0.15) is 5.10 Å². The molecule has 4 aromatic rings. The Kier molecular flexibility index (Phi) is 3.82. The van der Waals surface area contributed by atoms with E-state index in [1.165, 1.54) is 0 Å². The van der Waals surface area contributed by atoms with Gasteiger partial charge in [-0.15, -0.1) is 0 Å². The van der Waals surface area contributed by atoms with Crippen LogP contribution in [0.4, 0.5) is 5.69 Å². The third kappa shape index (κ3) is 2.92. The molecule has 1 heterocycles. The number of hydrogen-bond donors (Lipinski definition) is 1. The largest absolute Gasteiger partial charge is 0.456 e. The molecular weight excluding hydrogens is 296 g/mol. The second kappa shape index (κ2) is 6.42. The highest BCUT2D eigenvalue weighted by atomic mass is 16.3.